The highest BCUT2D eigenvalue weighted by molar-refractivity contribution is 5.95. The zero-order valence-electron chi connectivity index (χ0n) is 12.2. The first-order valence-electron chi connectivity index (χ1n) is 6.90. The summed E-state index contributed by atoms with van der Waals surface area (Å²) in [5, 5.41) is 10.2. The number of hydrogen-bond acceptors (Lipinski definition) is 2. The summed E-state index contributed by atoms with van der Waals surface area (Å²) in [5.41, 5.74) is 2.09. The van der Waals surface area contributed by atoms with Crippen molar-refractivity contribution < 1.29 is 9.90 Å². The van der Waals surface area contributed by atoms with E-state index in [9.17, 15) is 9.90 Å². The van der Waals surface area contributed by atoms with Crippen LogP contribution in [0, 0.1) is 13.8 Å². The number of aliphatic hydroxyl groups is 1. The molecule has 1 atom stereocenters. The number of aryl methyl sites for hydroxylation is 2. The third kappa shape index (κ3) is 2.98. The summed E-state index contributed by atoms with van der Waals surface area (Å²) in [6.07, 6.45) is 1.84. The van der Waals surface area contributed by atoms with Crippen molar-refractivity contribution in [3.63, 3.8) is 0 Å². The quantitative estimate of drug-likeness (QED) is 0.889. The molecule has 104 valence electrons. The molecule has 1 amide bonds. The van der Waals surface area contributed by atoms with Gasteiger partial charge in [-0.05, 0) is 52.7 Å². The van der Waals surface area contributed by atoms with Crippen LogP contribution in [0.15, 0.2) is 18.2 Å². The minimum absolute atomic E-state index is 0.0384. The van der Waals surface area contributed by atoms with Crippen molar-refractivity contribution in [1.82, 2.24) is 4.90 Å². The Balaban J connectivity index is 2.28. The molecule has 19 heavy (non-hydrogen) atoms. The van der Waals surface area contributed by atoms with Gasteiger partial charge in [-0.1, -0.05) is 17.2 Å². The van der Waals surface area contributed by atoms with Gasteiger partial charge in [0.05, 0.1) is 11.6 Å². The molecule has 0 bridgehead atoms. The normalized spacial score (nSPS) is 19.8. The van der Waals surface area contributed by atoms with Gasteiger partial charge in [-0.15, -0.1) is 0 Å². The van der Waals surface area contributed by atoms with Crippen LogP contribution in [0.4, 0.5) is 0 Å². The lowest BCUT2D eigenvalue weighted by molar-refractivity contribution is 0.000332. The van der Waals surface area contributed by atoms with E-state index in [0.717, 1.165) is 36.1 Å². The Bertz CT molecular complexity index is 468. The molecule has 3 nitrogen and oxygen atoms in total. The molecule has 0 spiro atoms. The Kier molecular flexibility index (Phi) is 3.68. The number of hydrogen-bond donors (Lipinski definition) is 1. The maximum atomic E-state index is 12.6. The molecule has 1 unspecified atom stereocenters. The van der Waals surface area contributed by atoms with E-state index in [1.54, 1.807) is 13.8 Å². The summed E-state index contributed by atoms with van der Waals surface area (Å²) in [6.45, 7) is 8.30. The number of nitrogens with zero attached hydrogens (tertiary/aromatic N) is 1. The van der Waals surface area contributed by atoms with E-state index in [4.69, 9.17) is 0 Å². The van der Waals surface area contributed by atoms with Gasteiger partial charge in [0, 0.05) is 12.1 Å². The van der Waals surface area contributed by atoms with Crippen LogP contribution < -0.4 is 0 Å². The molecule has 0 aromatic heterocycles. The van der Waals surface area contributed by atoms with Gasteiger partial charge in [-0.25, -0.2) is 0 Å². The van der Waals surface area contributed by atoms with Gasteiger partial charge in [0.1, 0.15) is 0 Å². The highest BCUT2D eigenvalue weighted by atomic mass is 16.3. The fraction of sp³-hybridized carbons (Fsp3) is 0.562. The van der Waals surface area contributed by atoms with Gasteiger partial charge in [0.25, 0.3) is 5.91 Å². The van der Waals surface area contributed by atoms with Crippen LogP contribution >= 0.6 is 0 Å². The van der Waals surface area contributed by atoms with Crippen LogP contribution in [-0.2, 0) is 0 Å². The van der Waals surface area contributed by atoms with E-state index in [-0.39, 0.29) is 11.9 Å². The largest absolute Gasteiger partial charge is 0.388 e. The summed E-state index contributed by atoms with van der Waals surface area (Å²) >= 11 is 0. The van der Waals surface area contributed by atoms with Gasteiger partial charge in [-0.2, -0.15) is 0 Å². The lowest BCUT2D eigenvalue weighted by atomic mass is 9.96. The topological polar surface area (TPSA) is 40.5 Å². The molecule has 1 aromatic carbocycles. The standard InChI is InChI=1S/C16H23NO2/c1-11-8-12(2)10-13(9-11)15(18)17-7-5-6-14(17)16(3,4)19/h8-10,14,19H,5-7H2,1-4H3. The SMILES string of the molecule is Cc1cc(C)cc(C(=O)N2CCCC2C(C)(C)O)c1. The van der Waals surface area contributed by atoms with Crippen molar-refractivity contribution in [2.75, 3.05) is 6.54 Å². The third-order valence-electron chi connectivity index (χ3n) is 3.80. The van der Waals surface area contributed by atoms with Crippen LogP contribution in [0.3, 0.4) is 0 Å². The predicted octanol–water partition coefficient (Wildman–Crippen LogP) is 2.68. The monoisotopic (exact) mass is 261 g/mol. The summed E-state index contributed by atoms with van der Waals surface area (Å²) in [6, 6.07) is 5.83. The van der Waals surface area contributed by atoms with E-state index in [1.807, 2.05) is 30.9 Å². The molecule has 1 N–H and O–H groups in total. The van der Waals surface area contributed by atoms with E-state index < -0.39 is 5.60 Å². The number of likely N-dealkylation sites (tertiary alicyclic amines) is 1. The fourth-order valence-corrected chi connectivity index (χ4v) is 3.01. The molecule has 3 heteroatoms. The summed E-state index contributed by atoms with van der Waals surface area (Å²) in [4.78, 5) is 14.5. The van der Waals surface area contributed by atoms with Gasteiger partial charge >= 0.3 is 0 Å². The molecule has 0 saturated carbocycles. The fourth-order valence-electron chi connectivity index (χ4n) is 3.01. The van der Waals surface area contributed by atoms with Crippen molar-refractivity contribution in [2.24, 2.45) is 0 Å². The van der Waals surface area contributed by atoms with E-state index >= 15 is 0 Å². The van der Waals surface area contributed by atoms with Crippen LogP contribution in [0.1, 0.15) is 48.2 Å². The maximum absolute atomic E-state index is 12.6. The molecular weight excluding hydrogens is 238 g/mol. The van der Waals surface area contributed by atoms with Crippen LogP contribution in [0.25, 0.3) is 0 Å². The number of carbonyl (C=O) groups excluding carboxylic acids is 1. The molecule has 1 saturated heterocycles. The van der Waals surface area contributed by atoms with Crippen molar-refractivity contribution in [3.8, 4) is 0 Å². The second-order valence-electron chi connectivity index (χ2n) is 6.19. The van der Waals surface area contributed by atoms with Crippen molar-refractivity contribution in [2.45, 2.75) is 52.2 Å². The molecule has 0 radical (unpaired) electrons. The maximum Gasteiger partial charge on any atom is 0.254 e. The Labute approximate surface area is 115 Å². The number of benzene rings is 1. The van der Waals surface area contributed by atoms with Crippen LogP contribution in [0.2, 0.25) is 0 Å². The lowest BCUT2D eigenvalue weighted by Gasteiger charge is -2.34. The van der Waals surface area contributed by atoms with Crippen LogP contribution in [-0.4, -0.2) is 34.1 Å². The molecule has 1 aliphatic heterocycles. The summed E-state index contributed by atoms with van der Waals surface area (Å²) < 4.78 is 0. The van der Waals surface area contributed by atoms with E-state index in [2.05, 4.69) is 6.07 Å². The first-order chi connectivity index (χ1) is 8.79. The molecule has 1 aromatic rings. The second-order valence-corrected chi connectivity index (χ2v) is 6.19. The van der Waals surface area contributed by atoms with E-state index in [1.165, 1.54) is 0 Å². The number of carbonyl (C=O) groups is 1. The Morgan fingerprint density at radius 3 is 2.37 bits per heavy atom. The van der Waals surface area contributed by atoms with Crippen molar-refractivity contribution in [1.29, 1.82) is 0 Å². The zero-order chi connectivity index (χ0) is 14.2. The third-order valence-corrected chi connectivity index (χ3v) is 3.80. The first-order valence-corrected chi connectivity index (χ1v) is 6.90. The van der Waals surface area contributed by atoms with Gasteiger partial charge in [-0.3, -0.25) is 4.79 Å². The Morgan fingerprint density at radius 2 is 1.84 bits per heavy atom. The van der Waals surface area contributed by atoms with Gasteiger partial charge < -0.3 is 10.0 Å². The summed E-state index contributed by atoms with van der Waals surface area (Å²) in [7, 11) is 0. The highest BCUT2D eigenvalue weighted by Gasteiger charge is 2.38. The van der Waals surface area contributed by atoms with Gasteiger partial charge in [0.15, 0.2) is 0 Å². The summed E-state index contributed by atoms with van der Waals surface area (Å²) in [5.74, 6) is 0.0384. The lowest BCUT2D eigenvalue weighted by Crippen LogP contribution is -2.48. The minimum atomic E-state index is -0.842. The molecule has 2 rings (SSSR count). The highest BCUT2D eigenvalue weighted by Crippen LogP contribution is 2.28. The first kappa shape index (κ1) is 14.1. The second kappa shape index (κ2) is 4.97. The molecule has 1 aliphatic rings. The average molecular weight is 261 g/mol. The van der Waals surface area contributed by atoms with Crippen LogP contribution in [0.5, 0.6) is 0 Å². The number of rotatable bonds is 2. The molecule has 0 aliphatic carbocycles. The zero-order valence-corrected chi connectivity index (χ0v) is 12.2. The molecule has 1 heterocycles. The molecular formula is C16H23NO2. The number of amides is 1. The molecule has 1 fully saturated rings. The van der Waals surface area contributed by atoms with Gasteiger partial charge in [0.2, 0.25) is 0 Å². The van der Waals surface area contributed by atoms with Crippen molar-refractivity contribution in [3.05, 3.63) is 34.9 Å². The Morgan fingerprint density at radius 1 is 1.26 bits per heavy atom. The predicted molar refractivity (Wildman–Crippen MR) is 76.3 cm³/mol. The van der Waals surface area contributed by atoms with Crippen molar-refractivity contribution >= 4 is 5.91 Å². The minimum Gasteiger partial charge on any atom is -0.388 e. The van der Waals surface area contributed by atoms with E-state index in [0.29, 0.717) is 0 Å². The average Bonchev–Trinajstić information content (AvgIpc) is 2.74. The smallest absolute Gasteiger partial charge is 0.254 e. The Hall–Kier alpha value is -1.35.